The summed E-state index contributed by atoms with van der Waals surface area (Å²) >= 11 is 7.25. The van der Waals surface area contributed by atoms with Crippen LogP contribution in [0.3, 0.4) is 0 Å². The van der Waals surface area contributed by atoms with Gasteiger partial charge in [-0.05, 0) is 18.1 Å². The summed E-state index contributed by atoms with van der Waals surface area (Å²) in [6.45, 7) is 2.55. The minimum absolute atomic E-state index is 0.0832. The van der Waals surface area contributed by atoms with Gasteiger partial charge in [0.1, 0.15) is 5.03 Å². The lowest BCUT2D eigenvalue weighted by Gasteiger charge is -2.09. The summed E-state index contributed by atoms with van der Waals surface area (Å²) in [5, 5.41) is 3.63. The van der Waals surface area contributed by atoms with Crippen LogP contribution in [0.2, 0.25) is 5.02 Å². The number of rotatable bonds is 6. The third-order valence-electron chi connectivity index (χ3n) is 2.76. The number of nitrogens with one attached hydrogen (secondary N) is 1. The van der Waals surface area contributed by atoms with Crippen molar-refractivity contribution in [3.05, 3.63) is 52.6 Å². The Bertz CT molecular complexity index is 623. The molecule has 0 aliphatic heterocycles. The number of nitrogens with zero attached hydrogens (tertiary/aromatic N) is 1. The van der Waals surface area contributed by atoms with Gasteiger partial charge in [-0.25, -0.2) is 13.8 Å². The first-order chi connectivity index (χ1) is 10.1. The second-order valence-corrected chi connectivity index (χ2v) is 5.78. The summed E-state index contributed by atoms with van der Waals surface area (Å²) in [5.74, 6) is -0.780. The Morgan fingerprint density at radius 1 is 1.24 bits per heavy atom. The highest BCUT2D eigenvalue weighted by molar-refractivity contribution is 7.98. The number of thioether (sulfide) groups is 1. The maximum absolute atomic E-state index is 13.8. The normalized spacial score (nSPS) is 10.7. The first kappa shape index (κ1) is 16.0. The smallest absolute Gasteiger partial charge is 0.168 e. The standard InChI is InChI=1S/C15H15ClF2N2S/c1-2-7-19-14-12(17)8-13(18)15(20-14)21-9-10-5-3-4-6-11(10)16/h3-6,8H,2,7,9H2,1H3,(H,19,20). The Morgan fingerprint density at radius 3 is 2.71 bits per heavy atom. The number of halogens is 3. The third-order valence-corrected chi connectivity index (χ3v) is 4.15. The number of anilines is 1. The molecule has 1 heterocycles. The molecule has 0 spiro atoms. The highest BCUT2D eigenvalue weighted by atomic mass is 35.5. The largest absolute Gasteiger partial charge is 0.368 e. The van der Waals surface area contributed by atoms with Gasteiger partial charge in [0.2, 0.25) is 0 Å². The molecule has 0 unspecified atom stereocenters. The molecule has 21 heavy (non-hydrogen) atoms. The maximum atomic E-state index is 13.8. The fourth-order valence-corrected chi connectivity index (χ4v) is 2.86. The van der Waals surface area contributed by atoms with Crippen LogP contribution in [0.4, 0.5) is 14.6 Å². The Morgan fingerprint density at radius 2 is 2.00 bits per heavy atom. The van der Waals surface area contributed by atoms with E-state index in [1.165, 1.54) is 11.8 Å². The van der Waals surface area contributed by atoms with Gasteiger partial charge in [-0.15, -0.1) is 0 Å². The van der Waals surface area contributed by atoms with Crippen LogP contribution < -0.4 is 5.32 Å². The van der Waals surface area contributed by atoms with Gasteiger partial charge < -0.3 is 5.32 Å². The van der Waals surface area contributed by atoms with Crippen molar-refractivity contribution in [3.8, 4) is 0 Å². The van der Waals surface area contributed by atoms with E-state index in [-0.39, 0.29) is 10.8 Å². The number of pyridine rings is 1. The molecule has 0 saturated carbocycles. The molecule has 1 aromatic heterocycles. The van der Waals surface area contributed by atoms with Crippen molar-refractivity contribution in [3.63, 3.8) is 0 Å². The van der Waals surface area contributed by atoms with Gasteiger partial charge in [-0.1, -0.05) is 48.5 Å². The lowest BCUT2D eigenvalue weighted by molar-refractivity contribution is 0.551. The molecule has 0 atom stereocenters. The maximum Gasteiger partial charge on any atom is 0.168 e. The lowest BCUT2D eigenvalue weighted by atomic mass is 10.2. The highest BCUT2D eigenvalue weighted by Gasteiger charge is 2.12. The first-order valence-electron chi connectivity index (χ1n) is 6.58. The third kappa shape index (κ3) is 4.32. The Hall–Kier alpha value is -1.33. The molecular weight excluding hydrogens is 314 g/mol. The molecule has 2 nitrogen and oxygen atoms in total. The van der Waals surface area contributed by atoms with Gasteiger partial charge in [0.25, 0.3) is 0 Å². The van der Waals surface area contributed by atoms with Crippen molar-refractivity contribution in [2.75, 3.05) is 11.9 Å². The molecule has 0 bridgehead atoms. The molecule has 1 aromatic carbocycles. The van der Waals surface area contributed by atoms with Crippen LogP contribution in [0.5, 0.6) is 0 Å². The van der Waals surface area contributed by atoms with Gasteiger partial charge in [0.15, 0.2) is 17.5 Å². The van der Waals surface area contributed by atoms with E-state index in [1.54, 1.807) is 6.07 Å². The van der Waals surface area contributed by atoms with E-state index in [9.17, 15) is 8.78 Å². The molecule has 6 heteroatoms. The quantitative estimate of drug-likeness (QED) is 0.744. The van der Waals surface area contributed by atoms with E-state index in [0.717, 1.165) is 18.1 Å². The van der Waals surface area contributed by atoms with Crippen LogP contribution in [0, 0.1) is 11.6 Å². The SMILES string of the molecule is CCCNc1nc(SCc2ccccc2Cl)c(F)cc1F. The molecule has 0 radical (unpaired) electrons. The number of hydrogen-bond acceptors (Lipinski definition) is 3. The minimum atomic E-state index is -0.678. The summed E-state index contributed by atoms with van der Waals surface area (Å²) in [7, 11) is 0. The van der Waals surface area contributed by atoms with Crippen molar-refractivity contribution in [2.45, 2.75) is 24.1 Å². The van der Waals surface area contributed by atoms with E-state index in [1.807, 2.05) is 25.1 Å². The molecule has 1 N–H and O–H groups in total. The Labute approximate surface area is 131 Å². The van der Waals surface area contributed by atoms with Gasteiger partial charge in [-0.2, -0.15) is 0 Å². The highest BCUT2D eigenvalue weighted by Crippen LogP contribution is 2.29. The van der Waals surface area contributed by atoms with Crippen LogP contribution in [0.15, 0.2) is 35.4 Å². The minimum Gasteiger partial charge on any atom is -0.368 e. The number of aromatic nitrogens is 1. The zero-order valence-corrected chi connectivity index (χ0v) is 13.1. The average molecular weight is 329 g/mol. The molecule has 0 aliphatic rings. The molecule has 0 aliphatic carbocycles. The fourth-order valence-electron chi connectivity index (χ4n) is 1.68. The molecular formula is C15H15ClF2N2S. The van der Waals surface area contributed by atoms with E-state index in [0.29, 0.717) is 17.3 Å². The predicted molar refractivity (Wildman–Crippen MR) is 83.9 cm³/mol. The summed E-state index contributed by atoms with van der Waals surface area (Å²) in [4.78, 5) is 4.01. The fraction of sp³-hybridized carbons (Fsp3) is 0.267. The van der Waals surface area contributed by atoms with Gasteiger partial charge in [0.05, 0.1) is 0 Å². The molecule has 0 fully saturated rings. The Balaban J connectivity index is 2.14. The van der Waals surface area contributed by atoms with E-state index >= 15 is 0 Å². The van der Waals surface area contributed by atoms with Crippen molar-refractivity contribution in [2.24, 2.45) is 0 Å². The average Bonchev–Trinajstić information content (AvgIpc) is 2.47. The van der Waals surface area contributed by atoms with E-state index in [4.69, 9.17) is 11.6 Å². The zero-order valence-electron chi connectivity index (χ0n) is 11.5. The molecule has 2 aromatic rings. The molecule has 0 amide bonds. The van der Waals surface area contributed by atoms with E-state index < -0.39 is 11.6 Å². The zero-order chi connectivity index (χ0) is 15.2. The molecule has 0 saturated heterocycles. The van der Waals surface area contributed by atoms with Crippen molar-refractivity contribution in [1.82, 2.24) is 4.98 Å². The number of hydrogen-bond donors (Lipinski definition) is 1. The first-order valence-corrected chi connectivity index (χ1v) is 7.94. The van der Waals surface area contributed by atoms with Gasteiger partial charge >= 0.3 is 0 Å². The summed E-state index contributed by atoms with van der Waals surface area (Å²) in [6, 6.07) is 8.21. The van der Waals surface area contributed by atoms with Crippen LogP contribution in [-0.4, -0.2) is 11.5 Å². The molecule has 2 rings (SSSR count). The van der Waals surface area contributed by atoms with Crippen molar-refractivity contribution >= 4 is 29.2 Å². The van der Waals surface area contributed by atoms with Crippen molar-refractivity contribution in [1.29, 1.82) is 0 Å². The predicted octanol–water partition coefficient (Wildman–Crippen LogP) is 5.13. The van der Waals surface area contributed by atoms with Crippen molar-refractivity contribution < 1.29 is 8.78 Å². The van der Waals surface area contributed by atoms with Gasteiger partial charge in [0, 0.05) is 23.4 Å². The summed E-state index contributed by atoms with van der Waals surface area (Å²) < 4.78 is 27.4. The number of benzene rings is 1. The lowest BCUT2D eigenvalue weighted by Crippen LogP contribution is -2.06. The summed E-state index contributed by atoms with van der Waals surface area (Å²) in [5.41, 5.74) is 0.887. The Kier molecular flexibility index (Phi) is 5.82. The van der Waals surface area contributed by atoms with Crippen LogP contribution in [0.25, 0.3) is 0 Å². The summed E-state index contributed by atoms with van der Waals surface area (Å²) in [6.07, 6.45) is 0.834. The topological polar surface area (TPSA) is 24.9 Å². The van der Waals surface area contributed by atoms with Crippen LogP contribution in [0.1, 0.15) is 18.9 Å². The monoisotopic (exact) mass is 328 g/mol. The second kappa shape index (κ2) is 7.61. The van der Waals surface area contributed by atoms with Crippen LogP contribution in [-0.2, 0) is 5.75 Å². The second-order valence-electron chi connectivity index (χ2n) is 4.41. The van der Waals surface area contributed by atoms with Crippen LogP contribution >= 0.6 is 23.4 Å². The molecule has 112 valence electrons. The van der Waals surface area contributed by atoms with E-state index in [2.05, 4.69) is 10.3 Å². The van der Waals surface area contributed by atoms with Gasteiger partial charge in [-0.3, -0.25) is 0 Å².